The van der Waals surface area contributed by atoms with Crippen molar-refractivity contribution < 1.29 is 33.4 Å². The third kappa shape index (κ3) is 11.3. The molecule has 10 heteroatoms. The monoisotopic (exact) mass is 485 g/mol. The lowest BCUT2D eigenvalue weighted by molar-refractivity contribution is -0.143. The third-order valence-corrected chi connectivity index (χ3v) is 4.15. The summed E-state index contributed by atoms with van der Waals surface area (Å²) in [6.07, 6.45) is 5.34. The van der Waals surface area contributed by atoms with Crippen LogP contribution in [0.25, 0.3) is 12.2 Å². The van der Waals surface area contributed by atoms with Crippen molar-refractivity contribution in [1.29, 1.82) is 0 Å². The zero-order valence-electron chi connectivity index (χ0n) is 20.4. The van der Waals surface area contributed by atoms with Crippen LogP contribution in [0.1, 0.15) is 38.8 Å². The van der Waals surface area contributed by atoms with E-state index in [1.54, 1.807) is 62.4 Å². The van der Waals surface area contributed by atoms with E-state index in [2.05, 4.69) is 5.32 Å². The number of allylic oxidation sites excluding steroid dienone is 2. The molecule has 182 valence electrons. The fraction of sp³-hybridized carbons (Fsp3) is 0.192. The molecule has 4 radical (unpaired) electrons. The Hall–Kier alpha value is -4.20. The van der Waals surface area contributed by atoms with Crippen molar-refractivity contribution in [3.05, 3.63) is 71.8 Å². The molecule has 2 aromatic rings. The van der Waals surface area contributed by atoms with Gasteiger partial charge in [0, 0.05) is 25.0 Å². The fourth-order valence-electron chi connectivity index (χ4n) is 2.64. The Morgan fingerprint density at radius 3 is 1.56 bits per heavy atom. The number of nitrogens with one attached hydrogen (secondary N) is 1. The molecule has 0 aromatic heterocycles. The molecule has 2 aromatic carbocycles. The summed E-state index contributed by atoms with van der Waals surface area (Å²) < 4.78 is 10.2. The van der Waals surface area contributed by atoms with E-state index in [1.807, 2.05) is 0 Å². The van der Waals surface area contributed by atoms with Crippen LogP contribution in [-0.4, -0.2) is 50.4 Å². The zero-order chi connectivity index (χ0) is 27.3. The van der Waals surface area contributed by atoms with E-state index >= 15 is 0 Å². The maximum atomic E-state index is 12.1. The van der Waals surface area contributed by atoms with E-state index in [9.17, 15) is 24.0 Å². The molecule has 0 heterocycles. The van der Waals surface area contributed by atoms with Crippen LogP contribution in [-0.2, 0) is 24.0 Å². The Kier molecular flexibility index (Phi) is 11.8. The van der Waals surface area contributed by atoms with E-state index in [0.29, 0.717) is 16.9 Å². The molecule has 0 aliphatic rings. The maximum absolute atomic E-state index is 12.1. The average Bonchev–Trinajstić information content (AvgIpc) is 2.77. The summed E-state index contributed by atoms with van der Waals surface area (Å²) in [5.74, 6) is -0.674. The summed E-state index contributed by atoms with van der Waals surface area (Å²) >= 11 is 0. The Labute approximate surface area is 212 Å². The second kappa shape index (κ2) is 14.3. The summed E-state index contributed by atoms with van der Waals surface area (Å²) in [6.45, 7) is 5.71. The van der Waals surface area contributed by atoms with Gasteiger partial charge in [-0.1, -0.05) is 36.4 Å². The van der Waals surface area contributed by atoms with Crippen LogP contribution in [0.2, 0.25) is 0 Å². The minimum atomic E-state index is -1.16. The summed E-state index contributed by atoms with van der Waals surface area (Å²) in [6, 6.07) is 13.6. The molecular formula is C26H25B2NO7. The van der Waals surface area contributed by atoms with E-state index in [0.717, 1.165) is 0 Å². The first-order valence-electron chi connectivity index (χ1n) is 10.6. The Morgan fingerprint density at radius 2 is 1.17 bits per heavy atom. The van der Waals surface area contributed by atoms with Crippen molar-refractivity contribution in [3.8, 4) is 11.5 Å². The van der Waals surface area contributed by atoms with Crippen LogP contribution < -0.4 is 14.8 Å². The van der Waals surface area contributed by atoms with Gasteiger partial charge in [-0.25, -0.2) is 4.79 Å². The van der Waals surface area contributed by atoms with Crippen LogP contribution in [0, 0.1) is 0 Å². The highest BCUT2D eigenvalue weighted by atomic mass is 16.5. The van der Waals surface area contributed by atoms with Crippen molar-refractivity contribution in [3.63, 3.8) is 0 Å². The molecule has 1 N–H and O–H groups in total. The van der Waals surface area contributed by atoms with Gasteiger partial charge in [-0.15, -0.1) is 0 Å². The van der Waals surface area contributed by atoms with E-state index < -0.39 is 28.8 Å². The van der Waals surface area contributed by atoms with Crippen molar-refractivity contribution in [2.45, 2.75) is 33.2 Å². The Balaban J connectivity index is 0.000000381. The summed E-state index contributed by atoms with van der Waals surface area (Å²) in [4.78, 5) is 55.3. The average molecular weight is 485 g/mol. The third-order valence-electron chi connectivity index (χ3n) is 4.15. The lowest BCUT2D eigenvalue weighted by atomic mass is 10.0. The van der Waals surface area contributed by atoms with Crippen LogP contribution in [0.3, 0.4) is 0 Å². The van der Waals surface area contributed by atoms with E-state index in [1.165, 1.54) is 38.2 Å². The van der Waals surface area contributed by atoms with Gasteiger partial charge >= 0.3 is 11.9 Å². The van der Waals surface area contributed by atoms with Crippen LogP contribution in [0.4, 0.5) is 0 Å². The standard InChI is InChI=1S/C15H16BNO4.C11H9BO3/c1-10(18)17-15(2,3)14(20)21-12-7-5-4-6-11(12)8-9-13(16)19;1-8(13)15-10-5-3-2-4-9(10)6-7-11(12)14/h4-9H,1-3H3,(H,17,18);2-7H,1H3/b9-8-;7-6-. The number of para-hydroxylation sites is 2. The first-order chi connectivity index (χ1) is 16.8. The number of hydrogen-bond acceptors (Lipinski definition) is 7. The van der Waals surface area contributed by atoms with Gasteiger partial charge in [0.25, 0.3) is 0 Å². The van der Waals surface area contributed by atoms with Gasteiger partial charge in [0.15, 0.2) is 15.7 Å². The number of rotatable bonds is 8. The molecule has 0 aliphatic heterocycles. The number of amides is 1. The summed E-state index contributed by atoms with van der Waals surface area (Å²) in [5.41, 5.74) is -1.15. The topological polar surface area (TPSA) is 116 Å². The number of esters is 2. The highest BCUT2D eigenvalue weighted by Crippen LogP contribution is 2.22. The molecule has 0 spiro atoms. The second-order valence-electron chi connectivity index (χ2n) is 7.84. The fourth-order valence-corrected chi connectivity index (χ4v) is 2.64. The molecule has 2 rings (SSSR count). The van der Waals surface area contributed by atoms with Crippen molar-refractivity contribution in [1.82, 2.24) is 5.32 Å². The first-order valence-corrected chi connectivity index (χ1v) is 10.6. The zero-order valence-corrected chi connectivity index (χ0v) is 20.4. The molecule has 0 unspecified atom stereocenters. The van der Waals surface area contributed by atoms with Crippen molar-refractivity contribution in [2.75, 3.05) is 0 Å². The van der Waals surface area contributed by atoms with E-state index in [4.69, 9.17) is 25.2 Å². The molecule has 0 atom stereocenters. The molecular weight excluding hydrogens is 460 g/mol. The predicted molar refractivity (Wildman–Crippen MR) is 137 cm³/mol. The van der Waals surface area contributed by atoms with Crippen LogP contribution in [0.15, 0.2) is 60.7 Å². The molecule has 36 heavy (non-hydrogen) atoms. The summed E-state index contributed by atoms with van der Waals surface area (Å²) in [5, 5.41) is 2.50. The minimum Gasteiger partial charge on any atom is -0.426 e. The van der Waals surface area contributed by atoms with Crippen LogP contribution in [0.5, 0.6) is 11.5 Å². The van der Waals surface area contributed by atoms with Gasteiger partial charge < -0.3 is 24.4 Å². The molecule has 1 amide bonds. The van der Waals surface area contributed by atoms with Gasteiger partial charge in [0.05, 0.1) is 11.4 Å². The highest BCUT2D eigenvalue weighted by Gasteiger charge is 2.31. The molecule has 0 fully saturated rings. The predicted octanol–water partition coefficient (Wildman–Crippen LogP) is 2.54. The quantitative estimate of drug-likeness (QED) is 0.265. The number of hydrogen-bond donors (Lipinski definition) is 1. The number of ether oxygens (including phenoxy) is 2. The number of benzene rings is 2. The van der Waals surface area contributed by atoms with Gasteiger partial charge in [0.1, 0.15) is 17.0 Å². The first kappa shape index (κ1) is 29.8. The smallest absolute Gasteiger partial charge is 0.336 e. The van der Waals surface area contributed by atoms with Gasteiger partial charge in [-0.2, -0.15) is 0 Å². The lowest BCUT2D eigenvalue weighted by Gasteiger charge is -2.23. The number of carbonyl (C=O) groups is 5. The van der Waals surface area contributed by atoms with E-state index in [-0.39, 0.29) is 11.7 Å². The van der Waals surface area contributed by atoms with Crippen LogP contribution >= 0.6 is 0 Å². The maximum Gasteiger partial charge on any atom is 0.336 e. The van der Waals surface area contributed by atoms with Gasteiger partial charge in [-0.3, -0.25) is 9.59 Å². The molecule has 0 aliphatic carbocycles. The van der Waals surface area contributed by atoms with Gasteiger partial charge in [0.2, 0.25) is 5.91 Å². The SMILES string of the molecule is [B]C(=O)/C=C\c1ccccc1OC(=O)C(C)(C)NC(C)=O.[B]C(=O)/C=C\c1ccccc1OC(C)=O. The summed E-state index contributed by atoms with van der Waals surface area (Å²) in [7, 11) is 9.99. The normalized spacial score (nSPS) is 10.8. The number of carbonyl (C=O) groups excluding carboxylic acids is 5. The molecule has 0 bridgehead atoms. The van der Waals surface area contributed by atoms with Gasteiger partial charge in [-0.05, 0) is 50.3 Å². The van der Waals surface area contributed by atoms with Crippen molar-refractivity contribution in [2.24, 2.45) is 0 Å². The Bertz CT molecular complexity index is 1190. The Morgan fingerprint density at radius 1 is 0.750 bits per heavy atom. The second-order valence-corrected chi connectivity index (χ2v) is 7.84. The van der Waals surface area contributed by atoms with Crippen molar-refractivity contribution >= 4 is 57.1 Å². The molecule has 8 nitrogen and oxygen atoms in total. The highest BCUT2D eigenvalue weighted by molar-refractivity contribution is 6.61. The molecule has 0 saturated heterocycles. The lowest BCUT2D eigenvalue weighted by Crippen LogP contribution is -2.51. The minimum absolute atomic E-state index is 0.276. The largest absolute Gasteiger partial charge is 0.426 e. The molecule has 0 saturated carbocycles.